The first kappa shape index (κ1) is 10.1. The molecule has 0 saturated heterocycles. The van der Waals surface area contributed by atoms with Gasteiger partial charge in [0, 0.05) is 5.88 Å². The second-order valence-corrected chi connectivity index (χ2v) is 3.33. The van der Waals surface area contributed by atoms with Gasteiger partial charge >= 0.3 is 0 Å². The highest BCUT2D eigenvalue weighted by Gasteiger charge is 1.93. The summed E-state index contributed by atoms with van der Waals surface area (Å²) in [7, 11) is 0. The Morgan fingerprint density at radius 2 is 1.85 bits per heavy atom. The summed E-state index contributed by atoms with van der Waals surface area (Å²) in [5, 5.41) is 8.58. The fourth-order valence-corrected chi connectivity index (χ4v) is 1.36. The van der Waals surface area contributed by atoms with Crippen molar-refractivity contribution in [3.05, 3.63) is 35.4 Å². The Morgan fingerprint density at radius 1 is 1.15 bits per heavy atom. The first-order valence-corrected chi connectivity index (χ1v) is 4.95. The second kappa shape index (κ2) is 5.61. The van der Waals surface area contributed by atoms with Crippen LogP contribution in [0.5, 0.6) is 0 Å². The molecular formula is C11H12ClN. The van der Waals surface area contributed by atoms with E-state index in [0.29, 0.717) is 0 Å². The lowest BCUT2D eigenvalue weighted by Gasteiger charge is -1.99. The molecule has 1 rings (SSSR count). The minimum absolute atomic E-state index is 0.723. The van der Waals surface area contributed by atoms with Gasteiger partial charge in [0.2, 0.25) is 0 Å². The lowest BCUT2D eigenvalue weighted by molar-refractivity contribution is 0.800. The normalized spacial score (nSPS) is 9.54. The molecule has 0 N–H and O–H groups in total. The van der Waals surface area contributed by atoms with Crippen molar-refractivity contribution in [2.45, 2.75) is 19.3 Å². The maximum absolute atomic E-state index is 8.58. The van der Waals surface area contributed by atoms with E-state index in [2.05, 4.69) is 6.07 Å². The lowest BCUT2D eigenvalue weighted by Crippen LogP contribution is -1.86. The van der Waals surface area contributed by atoms with Gasteiger partial charge in [-0.2, -0.15) is 5.26 Å². The molecule has 1 aromatic rings. The number of aryl methyl sites for hydroxylation is 1. The first-order valence-electron chi connectivity index (χ1n) is 4.42. The van der Waals surface area contributed by atoms with Crippen molar-refractivity contribution in [1.29, 1.82) is 5.26 Å². The third kappa shape index (κ3) is 3.48. The van der Waals surface area contributed by atoms with Crippen LogP contribution in [0.4, 0.5) is 0 Å². The summed E-state index contributed by atoms with van der Waals surface area (Å²) in [6.45, 7) is 0. The molecule has 1 nitrogen and oxygen atoms in total. The zero-order chi connectivity index (χ0) is 9.52. The van der Waals surface area contributed by atoms with Gasteiger partial charge in [0.15, 0.2) is 0 Å². The van der Waals surface area contributed by atoms with Crippen LogP contribution in [0.3, 0.4) is 0 Å². The molecule has 0 amide bonds. The molecule has 0 spiro atoms. The Bertz CT molecular complexity index is 284. The molecule has 13 heavy (non-hydrogen) atoms. The van der Waals surface area contributed by atoms with Crippen molar-refractivity contribution in [3.63, 3.8) is 0 Å². The van der Waals surface area contributed by atoms with Crippen LogP contribution in [0.25, 0.3) is 0 Å². The van der Waals surface area contributed by atoms with E-state index in [-0.39, 0.29) is 0 Å². The van der Waals surface area contributed by atoms with E-state index in [1.54, 1.807) is 0 Å². The fourth-order valence-electron chi connectivity index (χ4n) is 1.17. The van der Waals surface area contributed by atoms with Gasteiger partial charge in [-0.05, 0) is 37.0 Å². The molecule has 1 aromatic carbocycles. The van der Waals surface area contributed by atoms with Crippen LogP contribution < -0.4 is 0 Å². The molecular weight excluding hydrogens is 182 g/mol. The number of alkyl halides is 1. The number of nitriles is 1. The topological polar surface area (TPSA) is 23.8 Å². The molecule has 2 heteroatoms. The molecule has 0 fully saturated rings. The number of hydrogen-bond donors (Lipinski definition) is 0. The van der Waals surface area contributed by atoms with Gasteiger partial charge in [0.1, 0.15) is 0 Å². The van der Waals surface area contributed by atoms with Crippen molar-refractivity contribution in [3.8, 4) is 6.07 Å². The molecule has 0 aliphatic heterocycles. The monoisotopic (exact) mass is 193 g/mol. The van der Waals surface area contributed by atoms with Gasteiger partial charge in [-0.3, -0.25) is 0 Å². The number of rotatable bonds is 4. The molecule has 0 atom stereocenters. The van der Waals surface area contributed by atoms with E-state index in [9.17, 15) is 0 Å². The van der Waals surface area contributed by atoms with E-state index in [4.69, 9.17) is 16.9 Å². The van der Waals surface area contributed by atoms with Gasteiger partial charge in [0.05, 0.1) is 11.6 Å². The minimum atomic E-state index is 0.723. The standard InChI is InChI=1S/C11H12ClN/c12-8-2-1-3-10-4-6-11(9-13)7-5-10/h4-7H,1-3,8H2. The zero-order valence-electron chi connectivity index (χ0n) is 7.46. The maximum atomic E-state index is 8.58. The van der Waals surface area contributed by atoms with E-state index >= 15 is 0 Å². The van der Waals surface area contributed by atoms with Crippen LogP contribution in [-0.2, 0) is 6.42 Å². The smallest absolute Gasteiger partial charge is 0.0991 e. The largest absolute Gasteiger partial charge is 0.192 e. The Balaban J connectivity index is 2.46. The lowest BCUT2D eigenvalue weighted by atomic mass is 10.1. The summed E-state index contributed by atoms with van der Waals surface area (Å²) < 4.78 is 0. The highest BCUT2D eigenvalue weighted by Crippen LogP contribution is 2.07. The summed E-state index contributed by atoms with van der Waals surface area (Å²) in [6.07, 6.45) is 3.23. The van der Waals surface area contributed by atoms with Crippen molar-refractivity contribution < 1.29 is 0 Å². The summed E-state index contributed by atoms with van der Waals surface area (Å²) in [4.78, 5) is 0. The second-order valence-electron chi connectivity index (χ2n) is 2.95. The molecule has 0 aliphatic rings. The molecule has 0 aliphatic carbocycles. The van der Waals surface area contributed by atoms with Crippen LogP contribution in [0.1, 0.15) is 24.0 Å². The van der Waals surface area contributed by atoms with Crippen LogP contribution in [0, 0.1) is 11.3 Å². The van der Waals surface area contributed by atoms with Crippen molar-refractivity contribution in [1.82, 2.24) is 0 Å². The molecule has 68 valence electrons. The Labute approximate surface area is 84.0 Å². The summed E-state index contributed by atoms with van der Waals surface area (Å²) in [5.41, 5.74) is 2.00. The van der Waals surface area contributed by atoms with Gasteiger partial charge < -0.3 is 0 Å². The predicted molar refractivity (Wildman–Crippen MR) is 54.8 cm³/mol. The van der Waals surface area contributed by atoms with Gasteiger partial charge in [0.25, 0.3) is 0 Å². The maximum Gasteiger partial charge on any atom is 0.0991 e. The van der Waals surface area contributed by atoms with Crippen LogP contribution >= 0.6 is 11.6 Å². The zero-order valence-corrected chi connectivity index (χ0v) is 8.22. The highest BCUT2D eigenvalue weighted by atomic mass is 35.5. The fraction of sp³-hybridized carbons (Fsp3) is 0.364. The molecule has 0 radical (unpaired) electrons. The van der Waals surface area contributed by atoms with Crippen LogP contribution in [0.15, 0.2) is 24.3 Å². The molecule has 0 aromatic heterocycles. The quantitative estimate of drug-likeness (QED) is 0.533. The van der Waals surface area contributed by atoms with E-state index < -0.39 is 0 Å². The summed E-state index contributed by atoms with van der Waals surface area (Å²) >= 11 is 5.57. The average Bonchev–Trinajstić information content (AvgIpc) is 2.19. The SMILES string of the molecule is N#Cc1ccc(CCCCCl)cc1. The first-order chi connectivity index (χ1) is 6.36. The molecule has 0 bridgehead atoms. The van der Waals surface area contributed by atoms with Crippen molar-refractivity contribution in [2.24, 2.45) is 0 Å². The number of nitrogens with zero attached hydrogens (tertiary/aromatic N) is 1. The number of hydrogen-bond acceptors (Lipinski definition) is 1. The summed E-state index contributed by atoms with van der Waals surface area (Å²) in [5.74, 6) is 0.732. The molecule has 0 saturated carbocycles. The third-order valence-electron chi connectivity index (χ3n) is 1.93. The Morgan fingerprint density at radius 3 is 2.38 bits per heavy atom. The van der Waals surface area contributed by atoms with E-state index in [1.165, 1.54) is 5.56 Å². The predicted octanol–water partition coefficient (Wildman–Crippen LogP) is 3.12. The number of benzene rings is 1. The Hall–Kier alpha value is -1.00. The van der Waals surface area contributed by atoms with Gasteiger partial charge in [-0.15, -0.1) is 11.6 Å². The number of halogens is 1. The minimum Gasteiger partial charge on any atom is -0.192 e. The van der Waals surface area contributed by atoms with Crippen molar-refractivity contribution in [2.75, 3.05) is 5.88 Å². The van der Waals surface area contributed by atoms with Gasteiger partial charge in [-0.1, -0.05) is 12.1 Å². The Kier molecular flexibility index (Phi) is 4.35. The van der Waals surface area contributed by atoms with Crippen LogP contribution in [0.2, 0.25) is 0 Å². The van der Waals surface area contributed by atoms with Crippen LogP contribution in [-0.4, -0.2) is 5.88 Å². The average molecular weight is 194 g/mol. The molecule has 0 unspecified atom stereocenters. The highest BCUT2D eigenvalue weighted by molar-refractivity contribution is 6.17. The third-order valence-corrected chi connectivity index (χ3v) is 2.20. The van der Waals surface area contributed by atoms with Crippen molar-refractivity contribution >= 4 is 11.6 Å². The number of unbranched alkanes of at least 4 members (excludes halogenated alkanes) is 1. The van der Waals surface area contributed by atoms with Gasteiger partial charge in [-0.25, -0.2) is 0 Å². The van der Waals surface area contributed by atoms with E-state index in [0.717, 1.165) is 30.7 Å². The van der Waals surface area contributed by atoms with E-state index in [1.807, 2.05) is 24.3 Å². The molecule has 0 heterocycles. The summed E-state index contributed by atoms with van der Waals surface area (Å²) in [6, 6.07) is 9.83.